The van der Waals surface area contributed by atoms with E-state index >= 15 is 0 Å². The van der Waals surface area contributed by atoms with Crippen molar-refractivity contribution in [2.24, 2.45) is 0 Å². The van der Waals surface area contributed by atoms with Crippen LogP contribution in [0, 0.1) is 0 Å². The molecule has 2 amide bonds. The molecule has 8 nitrogen and oxygen atoms in total. The molecular weight excluding hydrogens is 464 g/mol. The van der Waals surface area contributed by atoms with Gasteiger partial charge in [-0.05, 0) is 67.9 Å². The predicted molar refractivity (Wildman–Crippen MR) is 136 cm³/mol. The first kappa shape index (κ1) is 23.2. The van der Waals surface area contributed by atoms with Crippen molar-refractivity contribution in [2.45, 2.75) is 18.9 Å². The van der Waals surface area contributed by atoms with Gasteiger partial charge in [-0.25, -0.2) is 4.98 Å². The minimum atomic E-state index is -0.278. The van der Waals surface area contributed by atoms with Crippen LogP contribution in [-0.4, -0.2) is 59.1 Å². The molecule has 0 radical (unpaired) electrons. The van der Waals surface area contributed by atoms with Gasteiger partial charge in [-0.1, -0.05) is 6.07 Å². The number of thiophene rings is 1. The smallest absolute Gasteiger partial charge is 0.287 e. The van der Waals surface area contributed by atoms with Crippen molar-refractivity contribution in [3.05, 3.63) is 71.4 Å². The van der Waals surface area contributed by atoms with Crippen LogP contribution in [0.1, 0.15) is 33.1 Å². The Morgan fingerprint density at radius 3 is 2.80 bits per heavy atom. The molecule has 9 heteroatoms. The first-order valence-electron chi connectivity index (χ1n) is 11.6. The zero-order valence-corrected chi connectivity index (χ0v) is 19.9. The molecule has 3 N–H and O–H groups in total. The number of aliphatic hydroxyl groups is 1. The molecule has 0 bridgehead atoms. The highest BCUT2D eigenvalue weighted by atomic mass is 32.1. The maximum atomic E-state index is 12.6. The summed E-state index contributed by atoms with van der Waals surface area (Å²) >= 11 is 1.35. The van der Waals surface area contributed by atoms with Gasteiger partial charge in [0.25, 0.3) is 11.8 Å². The van der Waals surface area contributed by atoms with Crippen LogP contribution >= 0.6 is 11.3 Å². The maximum Gasteiger partial charge on any atom is 0.287 e. The SMILES string of the molecule is O=C(NCCN1CCCC(O)C1)c1ccc(-c2ccc(NC(=O)c3cc4cccnc4s3)cc2)o1. The Morgan fingerprint density at radius 2 is 2.00 bits per heavy atom. The van der Waals surface area contributed by atoms with E-state index in [1.165, 1.54) is 11.3 Å². The van der Waals surface area contributed by atoms with Crippen LogP contribution in [0.3, 0.4) is 0 Å². The normalized spacial score (nSPS) is 16.3. The van der Waals surface area contributed by atoms with Gasteiger partial charge in [0.1, 0.15) is 10.6 Å². The number of nitrogens with one attached hydrogen (secondary N) is 2. The van der Waals surface area contributed by atoms with E-state index in [2.05, 4.69) is 20.5 Å². The van der Waals surface area contributed by atoms with Gasteiger partial charge in [-0.3, -0.25) is 14.5 Å². The first-order chi connectivity index (χ1) is 17.0. The summed E-state index contributed by atoms with van der Waals surface area (Å²) in [7, 11) is 0. The minimum Gasteiger partial charge on any atom is -0.451 e. The summed E-state index contributed by atoms with van der Waals surface area (Å²) < 4.78 is 5.76. The van der Waals surface area contributed by atoms with E-state index in [9.17, 15) is 14.7 Å². The molecule has 1 aliphatic heterocycles. The van der Waals surface area contributed by atoms with Crippen molar-refractivity contribution >= 4 is 39.1 Å². The number of piperidine rings is 1. The number of carbonyl (C=O) groups is 2. The largest absolute Gasteiger partial charge is 0.451 e. The Kier molecular flexibility index (Phi) is 6.89. The second-order valence-corrected chi connectivity index (χ2v) is 9.59. The zero-order chi connectivity index (χ0) is 24.2. The number of aromatic nitrogens is 1. The molecule has 0 saturated carbocycles. The number of amides is 2. The van der Waals surface area contributed by atoms with Crippen molar-refractivity contribution in [2.75, 3.05) is 31.5 Å². The molecule has 1 aliphatic rings. The second kappa shape index (κ2) is 10.4. The topological polar surface area (TPSA) is 108 Å². The molecule has 35 heavy (non-hydrogen) atoms. The highest BCUT2D eigenvalue weighted by molar-refractivity contribution is 7.20. The van der Waals surface area contributed by atoms with E-state index in [0.29, 0.717) is 36.0 Å². The van der Waals surface area contributed by atoms with Gasteiger partial charge in [0.15, 0.2) is 5.76 Å². The average Bonchev–Trinajstić information content (AvgIpc) is 3.52. The number of likely N-dealkylation sites (tertiary alicyclic amines) is 1. The summed E-state index contributed by atoms with van der Waals surface area (Å²) in [6.45, 7) is 2.78. The number of benzene rings is 1. The monoisotopic (exact) mass is 490 g/mol. The minimum absolute atomic E-state index is 0.184. The predicted octanol–water partition coefficient (Wildman–Crippen LogP) is 4.00. The van der Waals surface area contributed by atoms with Gasteiger partial charge < -0.3 is 20.2 Å². The standard InChI is InChI=1S/C26H26N4O4S/c31-20-4-2-13-30(16-20)14-12-27-24(32)22-10-9-21(34-22)17-5-7-19(8-6-17)29-25(33)23-15-18-3-1-11-28-26(18)35-23/h1,3,5-11,15,20,31H,2,4,12-14,16H2,(H,27,32)(H,29,33). The molecule has 1 atom stereocenters. The van der Waals surface area contributed by atoms with Crippen LogP contribution < -0.4 is 10.6 Å². The number of pyridine rings is 1. The van der Waals surface area contributed by atoms with Gasteiger partial charge in [0, 0.05) is 42.5 Å². The van der Waals surface area contributed by atoms with E-state index in [4.69, 9.17) is 4.42 Å². The summed E-state index contributed by atoms with van der Waals surface area (Å²) in [5.74, 6) is 0.365. The second-order valence-electron chi connectivity index (χ2n) is 8.56. The van der Waals surface area contributed by atoms with E-state index in [-0.39, 0.29) is 23.7 Å². The quantitative estimate of drug-likeness (QED) is 0.362. The van der Waals surface area contributed by atoms with Crippen molar-refractivity contribution < 1.29 is 19.1 Å². The van der Waals surface area contributed by atoms with Gasteiger partial charge in [0.2, 0.25) is 0 Å². The molecule has 4 heterocycles. The molecule has 4 aromatic rings. The number of rotatable bonds is 7. The van der Waals surface area contributed by atoms with E-state index < -0.39 is 0 Å². The number of furan rings is 1. The van der Waals surface area contributed by atoms with Crippen LogP contribution in [0.5, 0.6) is 0 Å². The van der Waals surface area contributed by atoms with E-state index in [0.717, 1.165) is 35.2 Å². The average molecular weight is 491 g/mol. The number of hydrogen-bond donors (Lipinski definition) is 3. The van der Waals surface area contributed by atoms with E-state index in [1.807, 2.05) is 30.3 Å². The Balaban J connectivity index is 1.15. The third kappa shape index (κ3) is 5.59. The number of anilines is 1. The third-order valence-electron chi connectivity index (χ3n) is 5.97. The molecule has 1 fully saturated rings. The molecule has 1 saturated heterocycles. The van der Waals surface area contributed by atoms with Crippen molar-refractivity contribution in [1.82, 2.24) is 15.2 Å². The molecule has 0 aliphatic carbocycles. The molecule has 0 spiro atoms. The van der Waals surface area contributed by atoms with E-state index in [1.54, 1.807) is 30.5 Å². The molecule has 1 aromatic carbocycles. The fraction of sp³-hybridized carbons (Fsp3) is 0.269. The highest BCUT2D eigenvalue weighted by Gasteiger charge is 2.18. The van der Waals surface area contributed by atoms with Crippen LogP contribution in [0.25, 0.3) is 21.5 Å². The number of aliphatic hydroxyl groups excluding tert-OH is 1. The lowest BCUT2D eigenvalue weighted by molar-refractivity contribution is 0.0700. The molecular formula is C26H26N4O4S. The lowest BCUT2D eigenvalue weighted by atomic mass is 10.1. The lowest BCUT2D eigenvalue weighted by Gasteiger charge is -2.29. The summed E-state index contributed by atoms with van der Waals surface area (Å²) in [4.78, 5) is 32.9. The van der Waals surface area contributed by atoms with Gasteiger partial charge in [-0.2, -0.15) is 0 Å². The lowest BCUT2D eigenvalue weighted by Crippen LogP contribution is -2.42. The van der Waals surface area contributed by atoms with Gasteiger partial charge >= 0.3 is 0 Å². The Morgan fingerprint density at radius 1 is 1.14 bits per heavy atom. The maximum absolute atomic E-state index is 12.6. The van der Waals surface area contributed by atoms with Crippen molar-refractivity contribution in [3.63, 3.8) is 0 Å². The van der Waals surface area contributed by atoms with Crippen LogP contribution in [0.15, 0.2) is 65.2 Å². The number of nitrogens with zero attached hydrogens (tertiary/aromatic N) is 2. The van der Waals surface area contributed by atoms with Crippen LogP contribution in [0.2, 0.25) is 0 Å². The third-order valence-corrected chi connectivity index (χ3v) is 7.03. The summed E-state index contributed by atoms with van der Waals surface area (Å²) in [5.41, 5.74) is 1.46. The zero-order valence-electron chi connectivity index (χ0n) is 19.1. The van der Waals surface area contributed by atoms with Gasteiger partial charge in [-0.15, -0.1) is 11.3 Å². The van der Waals surface area contributed by atoms with Crippen LogP contribution in [-0.2, 0) is 0 Å². The van der Waals surface area contributed by atoms with Gasteiger partial charge in [0.05, 0.1) is 11.0 Å². The van der Waals surface area contributed by atoms with Crippen molar-refractivity contribution in [3.8, 4) is 11.3 Å². The van der Waals surface area contributed by atoms with Crippen molar-refractivity contribution in [1.29, 1.82) is 0 Å². The highest BCUT2D eigenvalue weighted by Crippen LogP contribution is 2.26. The summed E-state index contributed by atoms with van der Waals surface area (Å²) in [6, 6.07) is 16.3. The van der Waals surface area contributed by atoms with Crippen LogP contribution in [0.4, 0.5) is 5.69 Å². The molecule has 5 rings (SSSR count). The first-order valence-corrected chi connectivity index (χ1v) is 12.4. The number of carbonyl (C=O) groups excluding carboxylic acids is 2. The summed E-state index contributed by atoms with van der Waals surface area (Å²) in [6.07, 6.45) is 3.25. The Labute approximate surface area is 206 Å². The Bertz CT molecular complexity index is 1300. The summed E-state index contributed by atoms with van der Waals surface area (Å²) in [5, 5.41) is 16.5. The fourth-order valence-electron chi connectivity index (χ4n) is 4.16. The fourth-order valence-corrected chi connectivity index (χ4v) is 5.06. The molecule has 3 aromatic heterocycles. The Hall–Kier alpha value is -3.53. The number of fused-ring (bicyclic) bond motifs is 1. The molecule has 1 unspecified atom stereocenters. The number of β-amino-alcohol motifs (C(OH)–C–C–N with tert-alkyl or cyclic N) is 1. The number of hydrogen-bond acceptors (Lipinski definition) is 7. The molecule has 180 valence electrons.